The lowest BCUT2D eigenvalue weighted by molar-refractivity contribution is -0.124. The van der Waals surface area contributed by atoms with Crippen LogP contribution in [0, 0.1) is 6.92 Å². The van der Waals surface area contributed by atoms with Crippen LogP contribution in [-0.4, -0.2) is 50.7 Å². The minimum Gasteiger partial charge on any atom is -0.505 e. The Bertz CT molecular complexity index is 1280. The van der Waals surface area contributed by atoms with Crippen LogP contribution in [0.4, 0.5) is 0 Å². The van der Waals surface area contributed by atoms with Crippen LogP contribution in [0.5, 0.6) is 11.5 Å². The molecule has 0 fully saturated rings. The predicted octanol–water partition coefficient (Wildman–Crippen LogP) is 1.07. The number of benzene rings is 1. The van der Waals surface area contributed by atoms with Gasteiger partial charge in [0.15, 0.2) is 23.4 Å². The Kier molecular flexibility index (Phi) is 5.67. The maximum absolute atomic E-state index is 13.2. The van der Waals surface area contributed by atoms with E-state index in [4.69, 9.17) is 9.84 Å². The maximum atomic E-state index is 13.2. The SMILES string of the molecule is CC(=O)C1Cn2c(=O)c(C(=O)NCCO)c(O)c3ncc(Cc4ccc(C)cc4)c(c32)O1. The minimum absolute atomic E-state index is 0.0309. The third-order valence-electron chi connectivity index (χ3n) is 5.47. The Labute approximate surface area is 183 Å². The number of ether oxygens (including phenoxy) is 1. The van der Waals surface area contributed by atoms with Gasteiger partial charge in [-0.3, -0.25) is 23.9 Å². The zero-order valence-electron chi connectivity index (χ0n) is 17.7. The van der Waals surface area contributed by atoms with E-state index in [1.807, 2.05) is 31.2 Å². The molecule has 0 spiro atoms. The summed E-state index contributed by atoms with van der Waals surface area (Å²) in [4.78, 5) is 42.2. The monoisotopic (exact) mass is 437 g/mol. The molecule has 0 bridgehead atoms. The number of ketones is 1. The fraction of sp³-hybridized carbons (Fsp3) is 0.304. The predicted molar refractivity (Wildman–Crippen MR) is 116 cm³/mol. The third kappa shape index (κ3) is 3.71. The smallest absolute Gasteiger partial charge is 0.268 e. The summed E-state index contributed by atoms with van der Waals surface area (Å²) in [7, 11) is 0. The molecule has 9 heteroatoms. The highest BCUT2D eigenvalue weighted by atomic mass is 16.5. The topological polar surface area (TPSA) is 131 Å². The molecule has 0 aliphatic carbocycles. The summed E-state index contributed by atoms with van der Waals surface area (Å²) in [6.45, 7) is 2.85. The summed E-state index contributed by atoms with van der Waals surface area (Å²) in [5, 5.41) is 22.1. The molecule has 0 saturated carbocycles. The van der Waals surface area contributed by atoms with Crippen molar-refractivity contribution in [1.29, 1.82) is 0 Å². The zero-order chi connectivity index (χ0) is 23.0. The van der Waals surface area contributed by atoms with E-state index < -0.39 is 28.9 Å². The van der Waals surface area contributed by atoms with Crippen LogP contribution in [0.25, 0.3) is 11.0 Å². The van der Waals surface area contributed by atoms with E-state index in [1.54, 1.807) is 0 Å². The summed E-state index contributed by atoms with van der Waals surface area (Å²) in [6.07, 6.45) is 1.04. The Morgan fingerprint density at radius 2 is 2.00 bits per heavy atom. The van der Waals surface area contributed by atoms with E-state index in [2.05, 4.69) is 10.3 Å². The number of hydrogen-bond acceptors (Lipinski definition) is 7. The Morgan fingerprint density at radius 1 is 1.28 bits per heavy atom. The highest BCUT2D eigenvalue weighted by molar-refractivity contribution is 6.02. The molecule has 3 aromatic rings. The van der Waals surface area contributed by atoms with Crippen LogP contribution < -0.4 is 15.6 Å². The van der Waals surface area contributed by atoms with E-state index in [0.717, 1.165) is 11.1 Å². The lowest BCUT2D eigenvalue weighted by Gasteiger charge is -2.28. The molecule has 9 nitrogen and oxygen atoms in total. The number of aromatic nitrogens is 2. The van der Waals surface area contributed by atoms with Crippen molar-refractivity contribution in [1.82, 2.24) is 14.9 Å². The number of aliphatic hydroxyl groups is 1. The molecule has 166 valence electrons. The van der Waals surface area contributed by atoms with Crippen LogP contribution in [0.1, 0.15) is 34.0 Å². The van der Waals surface area contributed by atoms with E-state index in [0.29, 0.717) is 12.0 Å². The first kappa shape index (κ1) is 21.5. The van der Waals surface area contributed by atoms with E-state index in [1.165, 1.54) is 17.7 Å². The van der Waals surface area contributed by atoms with Gasteiger partial charge in [0.25, 0.3) is 11.5 Å². The number of rotatable bonds is 6. The number of Topliss-reactive ketones (excluding diaryl/α,β-unsaturated/α-hetero) is 1. The number of nitrogens with zero attached hydrogens (tertiary/aromatic N) is 2. The molecule has 1 atom stereocenters. The molecule has 1 unspecified atom stereocenters. The third-order valence-corrected chi connectivity index (χ3v) is 5.47. The van der Waals surface area contributed by atoms with Gasteiger partial charge in [-0.05, 0) is 19.4 Å². The molecule has 1 amide bonds. The normalized spacial score (nSPS) is 14.8. The molecule has 32 heavy (non-hydrogen) atoms. The van der Waals surface area contributed by atoms with E-state index in [9.17, 15) is 19.5 Å². The van der Waals surface area contributed by atoms with Crippen molar-refractivity contribution in [3.8, 4) is 11.5 Å². The average molecular weight is 437 g/mol. The van der Waals surface area contributed by atoms with Gasteiger partial charge in [0, 0.05) is 24.7 Å². The zero-order valence-corrected chi connectivity index (χ0v) is 17.7. The van der Waals surface area contributed by atoms with Crippen molar-refractivity contribution in [2.75, 3.05) is 13.2 Å². The first-order valence-electron chi connectivity index (χ1n) is 10.2. The van der Waals surface area contributed by atoms with Gasteiger partial charge in [0.05, 0.1) is 13.2 Å². The lowest BCUT2D eigenvalue weighted by atomic mass is 10.0. The van der Waals surface area contributed by atoms with Gasteiger partial charge >= 0.3 is 0 Å². The quantitative estimate of drug-likeness (QED) is 0.526. The van der Waals surface area contributed by atoms with Crippen molar-refractivity contribution in [2.45, 2.75) is 32.9 Å². The van der Waals surface area contributed by atoms with Crippen molar-refractivity contribution in [2.24, 2.45) is 0 Å². The van der Waals surface area contributed by atoms with E-state index >= 15 is 0 Å². The molecule has 1 aliphatic rings. The number of carbonyl (C=O) groups is 2. The molecule has 3 heterocycles. The van der Waals surface area contributed by atoms with Crippen LogP contribution in [0.2, 0.25) is 0 Å². The molecule has 2 aromatic heterocycles. The maximum Gasteiger partial charge on any atom is 0.268 e. The van der Waals surface area contributed by atoms with Crippen LogP contribution in [0.15, 0.2) is 35.3 Å². The number of hydrogen-bond donors (Lipinski definition) is 3. The summed E-state index contributed by atoms with van der Waals surface area (Å²) in [5.41, 5.74) is 1.79. The van der Waals surface area contributed by atoms with Crippen molar-refractivity contribution in [3.05, 3.63) is 63.1 Å². The molecule has 0 saturated heterocycles. The summed E-state index contributed by atoms with van der Waals surface area (Å²) in [5.74, 6) is -1.38. The second-order valence-corrected chi connectivity index (χ2v) is 7.81. The summed E-state index contributed by atoms with van der Waals surface area (Å²) < 4.78 is 7.24. The largest absolute Gasteiger partial charge is 0.505 e. The Morgan fingerprint density at radius 3 is 2.66 bits per heavy atom. The molecule has 1 aromatic carbocycles. The average Bonchev–Trinajstić information content (AvgIpc) is 2.77. The van der Waals surface area contributed by atoms with E-state index in [-0.39, 0.29) is 42.3 Å². The highest BCUT2D eigenvalue weighted by Crippen LogP contribution is 2.37. The van der Waals surface area contributed by atoms with Gasteiger partial charge in [0.1, 0.15) is 16.6 Å². The molecular formula is C23H23N3O6. The number of nitrogens with one attached hydrogen (secondary N) is 1. The van der Waals surface area contributed by atoms with Gasteiger partial charge in [-0.25, -0.2) is 0 Å². The number of aliphatic hydroxyl groups excluding tert-OH is 1. The Balaban J connectivity index is 1.92. The number of carbonyl (C=O) groups excluding carboxylic acids is 2. The first-order chi connectivity index (χ1) is 15.3. The van der Waals surface area contributed by atoms with Crippen LogP contribution >= 0.6 is 0 Å². The number of pyridine rings is 2. The van der Waals surface area contributed by atoms with Crippen molar-refractivity contribution < 1.29 is 24.5 Å². The Hall–Kier alpha value is -3.72. The molecular weight excluding hydrogens is 414 g/mol. The van der Waals surface area contributed by atoms with Crippen molar-refractivity contribution in [3.63, 3.8) is 0 Å². The molecule has 4 rings (SSSR count). The number of aryl methyl sites for hydroxylation is 1. The van der Waals surface area contributed by atoms with Crippen LogP contribution in [0.3, 0.4) is 0 Å². The van der Waals surface area contributed by atoms with Gasteiger partial charge in [-0.15, -0.1) is 0 Å². The van der Waals surface area contributed by atoms with Crippen molar-refractivity contribution >= 4 is 22.7 Å². The van der Waals surface area contributed by atoms with Gasteiger partial charge in [0.2, 0.25) is 0 Å². The second-order valence-electron chi connectivity index (χ2n) is 7.81. The first-order valence-corrected chi connectivity index (χ1v) is 10.2. The fourth-order valence-corrected chi connectivity index (χ4v) is 3.78. The summed E-state index contributed by atoms with van der Waals surface area (Å²) in [6, 6.07) is 7.90. The lowest BCUT2D eigenvalue weighted by Crippen LogP contribution is -2.41. The van der Waals surface area contributed by atoms with Crippen LogP contribution in [-0.2, 0) is 17.8 Å². The minimum atomic E-state index is -0.916. The number of amides is 1. The fourth-order valence-electron chi connectivity index (χ4n) is 3.78. The standard InChI is InChI=1S/C23H23N3O6/c1-12-3-5-14(6-4-12)9-15-10-25-18-19-21(15)32-16(13(2)28)11-26(19)23(31)17(20(18)29)22(30)24-7-8-27/h3-6,10,16,27,29H,7-9,11H2,1-2H3,(H,24,30). The molecule has 0 radical (unpaired) electrons. The molecule has 3 N–H and O–H groups in total. The summed E-state index contributed by atoms with van der Waals surface area (Å²) >= 11 is 0. The molecule has 1 aliphatic heterocycles. The number of aromatic hydroxyl groups is 1. The highest BCUT2D eigenvalue weighted by Gasteiger charge is 2.33. The van der Waals surface area contributed by atoms with Gasteiger partial charge in [-0.2, -0.15) is 0 Å². The van der Waals surface area contributed by atoms with Gasteiger partial charge in [-0.1, -0.05) is 29.8 Å². The second kappa shape index (κ2) is 8.43. The van der Waals surface area contributed by atoms with Gasteiger partial charge < -0.3 is 20.3 Å².